The zero-order valence-electron chi connectivity index (χ0n) is 13.7. The number of rotatable bonds is 7. The van der Waals surface area contributed by atoms with Crippen LogP contribution in [-0.4, -0.2) is 34.8 Å². The van der Waals surface area contributed by atoms with Crippen LogP contribution in [0.2, 0.25) is 5.02 Å². The standard InChI is InChI=1S/C17H17ClN4O3S/c18-16-9-15(14-3-1-2-13(8-14)10-23)4-5-17(16)26(24,25)21-6-7-22-11-19-20-12-22/h1-5,8-9,11-12,21,23H,6-7,10H2. The van der Waals surface area contributed by atoms with Gasteiger partial charge in [-0.1, -0.05) is 35.9 Å². The summed E-state index contributed by atoms with van der Waals surface area (Å²) in [6.45, 7) is 0.539. The molecule has 0 aliphatic heterocycles. The van der Waals surface area contributed by atoms with Gasteiger partial charge in [-0.25, -0.2) is 13.1 Å². The third kappa shape index (κ3) is 4.28. The van der Waals surface area contributed by atoms with Crippen LogP contribution in [0.5, 0.6) is 0 Å². The summed E-state index contributed by atoms with van der Waals surface area (Å²) < 4.78 is 29.1. The predicted molar refractivity (Wildman–Crippen MR) is 98.0 cm³/mol. The molecule has 1 heterocycles. The Balaban J connectivity index is 1.77. The van der Waals surface area contributed by atoms with Crippen molar-refractivity contribution >= 4 is 21.6 Å². The minimum atomic E-state index is -3.73. The molecule has 26 heavy (non-hydrogen) atoms. The number of halogens is 1. The predicted octanol–water partition coefficient (Wildman–Crippen LogP) is 2.07. The smallest absolute Gasteiger partial charge is 0.242 e. The Morgan fingerprint density at radius 1 is 1.08 bits per heavy atom. The largest absolute Gasteiger partial charge is 0.392 e. The normalized spacial score (nSPS) is 11.6. The van der Waals surface area contributed by atoms with E-state index in [1.54, 1.807) is 16.7 Å². The summed E-state index contributed by atoms with van der Waals surface area (Å²) in [6, 6.07) is 12.1. The molecule has 0 saturated heterocycles. The average molecular weight is 393 g/mol. The summed E-state index contributed by atoms with van der Waals surface area (Å²) >= 11 is 6.22. The fourth-order valence-electron chi connectivity index (χ4n) is 2.47. The molecule has 0 spiro atoms. The van der Waals surface area contributed by atoms with Gasteiger partial charge in [0.05, 0.1) is 11.6 Å². The van der Waals surface area contributed by atoms with Crippen molar-refractivity contribution in [2.75, 3.05) is 6.54 Å². The van der Waals surface area contributed by atoms with Crippen LogP contribution in [0.3, 0.4) is 0 Å². The lowest BCUT2D eigenvalue weighted by Crippen LogP contribution is -2.27. The molecule has 0 aliphatic carbocycles. The second-order valence-corrected chi connectivity index (χ2v) is 7.74. The molecule has 9 heteroatoms. The molecule has 1 aromatic heterocycles. The van der Waals surface area contributed by atoms with Crippen LogP contribution < -0.4 is 4.72 Å². The minimum absolute atomic E-state index is 0.0185. The lowest BCUT2D eigenvalue weighted by Gasteiger charge is -2.10. The summed E-state index contributed by atoms with van der Waals surface area (Å²) in [5.41, 5.74) is 2.39. The Kier molecular flexibility index (Phi) is 5.67. The van der Waals surface area contributed by atoms with Gasteiger partial charge in [-0.05, 0) is 34.9 Å². The zero-order valence-corrected chi connectivity index (χ0v) is 15.3. The molecule has 136 valence electrons. The Morgan fingerprint density at radius 2 is 1.81 bits per heavy atom. The number of hydrogen-bond acceptors (Lipinski definition) is 5. The third-order valence-corrected chi connectivity index (χ3v) is 5.74. The molecule has 0 bridgehead atoms. The van der Waals surface area contributed by atoms with Crippen LogP contribution in [0.4, 0.5) is 0 Å². The lowest BCUT2D eigenvalue weighted by atomic mass is 10.0. The molecule has 0 saturated carbocycles. The molecule has 7 nitrogen and oxygen atoms in total. The van der Waals surface area contributed by atoms with Gasteiger partial charge in [0.1, 0.15) is 17.6 Å². The molecule has 0 fully saturated rings. The monoisotopic (exact) mass is 392 g/mol. The molecule has 0 atom stereocenters. The topological polar surface area (TPSA) is 97.1 Å². The van der Waals surface area contributed by atoms with Gasteiger partial charge in [0.2, 0.25) is 10.0 Å². The highest BCUT2D eigenvalue weighted by Crippen LogP contribution is 2.28. The van der Waals surface area contributed by atoms with Crippen LogP contribution >= 0.6 is 11.6 Å². The van der Waals surface area contributed by atoms with E-state index in [-0.39, 0.29) is 23.1 Å². The van der Waals surface area contributed by atoms with Crippen molar-refractivity contribution < 1.29 is 13.5 Å². The second kappa shape index (κ2) is 7.96. The van der Waals surface area contributed by atoms with E-state index in [0.29, 0.717) is 6.54 Å². The molecular weight excluding hydrogens is 376 g/mol. The zero-order chi connectivity index (χ0) is 18.6. The first-order chi connectivity index (χ1) is 12.5. The average Bonchev–Trinajstić information content (AvgIpc) is 3.14. The Bertz CT molecular complexity index is 991. The molecule has 2 aromatic carbocycles. The van der Waals surface area contributed by atoms with Crippen molar-refractivity contribution in [1.29, 1.82) is 0 Å². The molecular formula is C17H17ClN4O3S. The molecule has 3 rings (SSSR count). The fourth-order valence-corrected chi connectivity index (χ4v) is 4.04. The van der Waals surface area contributed by atoms with E-state index in [1.807, 2.05) is 24.3 Å². The van der Waals surface area contributed by atoms with Crippen molar-refractivity contribution in [3.63, 3.8) is 0 Å². The summed E-state index contributed by atoms with van der Waals surface area (Å²) in [7, 11) is -3.73. The number of hydrogen-bond donors (Lipinski definition) is 2. The Morgan fingerprint density at radius 3 is 2.50 bits per heavy atom. The van der Waals surface area contributed by atoms with Crippen molar-refractivity contribution in [2.45, 2.75) is 18.0 Å². The van der Waals surface area contributed by atoms with Gasteiger partial charge < -0.3 is 9.67 Å². The van der Waals surface area contributed by atoms with Crippen LogP contribution in [-0.2, 0) is 23.2 Å². The van der Waals surface area contributed by atoms with Gasteiger partial charge in [0, 0.05) is 13.1 Å². The highest BCUT2D eigenvalue weighted by Gasteiger charge is 2.18. The van der Waals surface area contributed by atoms with Gasteiger partial charge >= 0.3 is 0 Å². The van der Waals surface area contributed by atoms with Gasteiger partial charge in [-0.2, -0.15) is 0 Å². The fraction of sp³-hybridized carbons (Fsp3) is 0.176. The number of nitrogens with one attached hydrogen (secondary N) is 1. The van der Waals surface area contributed by atoms with Crippen molar-refractivity contribution in [1.82, 2.24) is 19.5 Å². The number of aliphatic hydroxyl groups excluding tert-OH is 1. The lowest BCUT2D eigenvalue weighted by molar-refractivity contribution is 0.282. The van der Waals surface area contributed by atoms with Crippen LogP contribution in [0.15, 0.2) is 60.0 Å². The molecule has 2 N–H and O–H groups in total. The van der Waals surface area contributed by atoms with Gasteiger partial charge in [-0.15, -0.1) is 10.2 Å². The van der Waals surface area contributed by atoms with Gasteiger partial charge in [-0.3, -0.25) is 0 Å². The summed E-state index contributed by atoms with van der Waals surface area (Å²) in [4.78, 5) is 0.0185. The maximum Gasteiger partial charge on any atom is 0.242 e. The summed E-state index contributed by atoms with van der Waals surface area (Å²) in [6.07, 6.45) is 3.02. The van der Waals surface area contributed by atoms with Crippen LogP contribution in [0, 0.1) is 0 Å². The highest BCUT2D eigenvalue weighted by molar-refractivity contribution is 7.89. The molecule has 0 aliphatic rings. The van der Waals surface area contributed by atoms with E-state index in [0.717, 1.165) is 16.7 Å². The molecule has 0 unspecified atom stereocenters. The Hall–Kier alpha value is -2.26. The molecule has 3 aromatic rings. The first-order valence-electron chi connectivity index (χ1n) is 7.81. The van der Waals surface area contributed by atoms with Crippen LogP contribution in [0.1, 0.15) is 5.56 Å². The first kappa shape index (κ1) is 18.5. The number of aromatic nitrogens is 3. The first-order valence-corrected chi connectivity index (χ1v) is 9.67. The number of nitrogens with zero attached hydrogens (tertiary/aromatic N) is 3. The van der Waals surface area contributed by atoms with E-state index in [4.69, 9.17) is 11.6 Å². The summed E-state index contributed by atoms with van der Waals surface area (Å²) in [5.74, 6) is 0. The van der Waals surface area contributed by atoms with Gasteiger partial charge in [0.25, 0.3) is 0 Å². The Labute approximate surface area is 156 Å². The van der Waals surface area contributed by atoms with E-state index < -0.39 is 10.0 Å². The van der Waals surface area contributed by atoms with E-state index >= 15 is 0 Å². The van der Waals surface area contributed by atoms with Gasteiger partial charge in [0.15, 0.2) is 0 Å². The summed E-state index contributed by atoms with van der Waals surface area (Å²) in [5, 5.41) is 16.7. The van der Waals surface area contributed by atoms with Crippen molar-refractivity contribution in [2.24, 2.45) is 0 Å². The highest BCUT2D eigenvalue weighted by atomic mass is 35.5. The second-order valence-electron chi connectivity index (χ2n) is 5.60. The van der Waals surface area contributed by atoms with Crippen molar-refractivity contribution in [3.8, 4) is 11.1 Å². The van der Waals surface area contributed by atoms with E-state index in [2.05, 4.69) is 14.9 Å². The minimum Gasteiger partial charge on any atom is -0.392 e. The molecule has 0 amide bonds. The quantitative estimate of drug-likeness (QED) is 0.641. The van der Waals surface area contributed by atoms with E-state index in [1.165, 1.54) is 18.7 Å². The maximum absolute atomic E-state index is 12.5. The third-order valence-electron chi connectivity index (χ3n) is 3.79. The van der Waals surface area contributed by atoms with E-state index in [9.17, 15) is 13.5 Å². The maximum atomic E-state index is 12.5. The number of sulfonamides is 1. The molecule has 0 radical (unpaired) electrons. The van der Waals surface area contributed by atoms with Crippen LogP contribution in [0.25, 0.3) is 11.1 Å². The van der Waals surface area contributed by atoms with Crippen molar-refractivity contribution in [3.05, 3.63) is 65.7 Å². The number of benzene rings is 2. The number of aliphatic hydroxyl groups is 1. The SMILES string of the molecule is O=S(=O)(NCCn1cnnc1)c1ccc(-c2cccc(CO)c2)cc1Cl.